The molecule has 0 amide bonds. The Morgan fingerprint density at radius 2 is 0.643 bits per heavy atom. The van der Waals surface area contributed by atoms with E-state index in [-0.39, 0.29) is 80.3 Å². The van der Waals surface area contributed by atoms with E-state index in [9.17, 15) is 0 Å². The van der Waals surface area contributed by atoms with Crippen LogP contribution in [0, 0.1) is 0 Å². The molecule has 0 fully saturated rings. The van der Waals surface area contributed by atoms with Crippen molar-refractivity contribution in [3.8, 4) is 0 Å². The standard InChI is InChI=1S/Na.H2O3S.9H2O.H/c;1-4(2)3;;;;;;;;;;/h;(H2,1,2,3);9*1H2;/q+1;;;;;;;;;;;-1. The van der Waals surface area contributed by atoms with Crippen LogP contribution in [0.2, 0.25) is 0 Å². The molecule has 12 nitrogen and oxygen atoms in total. The van der Waals surface area contributed by atoms with Crippen molar-refractivity contribution in [1.29, 1.82) is 0 Å². The van der Waals surface area contributed by atoms with Crippen LogP contribution in [0.4, 0.5) is 0 Å². The van der Waals surface area contributed by atoms with Gasteiger partial charge in [-0.05, 0) is 0 Å². The van der Waals surface area contributed by atoms with E-state index >= 15 is 0 Å². The zero-order valence-electron chi connectivity index (χ0n) is 8.21. The fourth-order valence-corrected chi connectivity index (χ4v) is 0. The second kappa shape index (κ2) is 161. The van der Waals surface area contributed by atoms with Crippen LogP contribution in [-0.4, -0.2) is 62.6 Å². The van der Waals surface area contributed by atoms with Crippen molar-refractivity contribution in [2.75, 3.05) is 0 Å². The molecule has 0 unspecified atom stereocenters. The molecule has 0 aromatic heterocycles. The van der Waals surface area contributed by atoms with Gasteiger partial charge in [-0.3, -0.25) is 9.11 Å². The molecule has 0 spiro atoms. The molecular weight excluding hydrogens is 247 g/mol. The van der Waals surface area contributed by atoms with E-state index in [0.717, 1.165) is 0 Å². The zero-order chi connectivity index (χ0) is 3.58. The SMILES string of the molecule is O.O.O.O.O.O.O.O.O.O=S(O)O.[H-].[Na+]. The second-order valence-corrected chi connectivity index (χ2v) is 0.692. The predicted molar refractivity (Wildman–Crippen MR) is 47.0 cm³/mol. The molecule has 0 aliphatic carbocycles. The van der Waals surface area contributed by atoms with Crippen LogP contribution in [0.1, 0.15) is 1.43 Å². The summed E-state index contributed by atoms with van der Waals surface area (Å²) in [7, 11) is 0. The normalized spacial score (nSPS) is 2.50. The average Bonchev–Trinajstić information content (AvgIpc) is 0.811. The van der Waals surface area contributed by atoms with Crippen LogP contribution in [0.5, 0.6) is 0 Å². The summed E-state index contributed by atoms with van der Waals surface area (Å²) in [6.07, 6.45) is 0. The van der Waals surface area contributed by atoms with Gasteiger partial charge in [-0.25, -0.2) is 0 Å². The van der Waals surface area contributed by atoms with E-state index in [0.29, 0.717) is 0 Å². The summed E-state index contributed by atoms with van der Waals surface area (Å²) in [5, 5.41) is 0. The topological polar surface area (TPSA) is 341 Å². The van der Waals surface area contributed by atoms with Gasteiger partial charge in [-0.2, -0.15) is 4.21 Å². The van der Waals surface area contributed by atoms with Crippen LogP contribution < -0.4 is 29.6 Å². The van der Waals surface area contributed by atoms with Crippen LogP contribution in [0.25, 0.3) is 0 Å². The van der Waals surface area contributed by atoms with E-state index in [4.69, 9.17) is 13.3 Å². The molecule has 0 aliphatic rings. The molecule has 100 valence electrons. The van der Waals surface area contributed by atoms with Crippen molar-refractivity contribution in [2.45, 2.75) is 0 Å². The van der Waals surface area contributed by atoms with Gasteiger partial charge in [0.15, 0.2) is 0 Å². The summed E-state index contributed by atoms with van der Waals surface area (Å²) >= 11 is -2.61. The maximum Gasteiger partial charge on any atom is 1.00 e. The first-order valence-corrected chi connectivity index (χ1v) is 1.60. The van der Waals surface area contributed by atoms with E-state index in [1.54, 1.807) is 0 Å². The Morgan fingerprint density at radius 1 is 0.643 bits per heavy atom. The van der Waals surface area contributed by atoms with E-state index < -0.39 is 11.4 Å². The first kappa shape index (κ1) is 201. The van der Waals surface area contributed by atoms with Gasteiger partial charge in [0.05, 0.1) is 0 Å². The smallest absolute Gasteiger partial charge is 1.00 e. The molecule has 14 heteroatoms. The van der Waals surface area contributed by atoms with Crippen molar-refractivity contribution >= 4 is 11.4 Å². The van der Waals surface area contributed by atoms with E-state index in [1.165, 1.54) is 0 Å². The van der Waals surface area contributed by atoms with Crippen molar-refractivity contribution in [3.05, 3.63) is 0 Å². The molecule has 20 N–H and O–H groups in total. The van der Waals surface area contributed by atoms with E-state index in [1.807, 2.05) is 0 Å². The van der Waals surface area contributed by atoms with Crippen LogP contribution >= 0.6 is 0 Å². The maximum absolute atomic E-state index is 8.67. The summed E-state index contributed by atoms with van der Waals surface area (Å²) < 4.78 is 22.8. The maximum atomic E-state index is 8.67. The van der Waals surface area contributed by atoms with Crippen LogP contribution in [0.3, 0.4) is 0 Å². The molecule has 0 aromatic rings. The molecule has 0 heterocycles. The minimum absolute atomic E-state index is 0. The van der Waals surface area contributed by atoms with Crippen LogP contribution in [0.15, 0.2) is 0 Å². The molecule has 0 bridgehead atoms. The number of hydrogen-bond donors (Lipinski definition) is 2. The van der Waals surface area contributed by atoms with Crippen molar-refractivity contribution in [2.24, 2.45) is 0 Å². The van der Waals surface area contributed by atoms with Crippen LogP contribution in [-0.2, 0) is 11.4 Å². The van der Waals surface area contributed by atoms with E-state index in [2.05, 4.69) is 0 Å². The molecule has 0 saturated heterocycles. The Balaban J connectivity index is -0.000000000818. The van der Waals surface area contributed by atoms with Crippen molar-refractivity contribution in [3.63, 3.8) is 0 Å². The van der Waals surface area contributed by atoms with Crippen molar-refractivity contribution in [1.82, 2.24) is 0 Å². The minimum atomic E-state index is -2.61. The quantitative estimate of drug-likeness (QED) is 0.319. The summed E-state index contributed by atoms with van der Waals surface area (Å²) in [6.45, 7) is 0. The third-order valence-corrected chi connectivity index (χ3v) is 0. The van der Waals surface area contributed by atoms with Gasteiger partial charge in [0.25, 0.3) is 11.4 Å². The Hall–Kier alpha value is 0.710. The molecule has 0 radical (unpaired) electrons. The molecule has 0 saturated carbocycles. The Morgan fingerprint density at radius 3 is 0.643 bits per heavy atom. The largest absolute Gasteiger partial charge is 1.00 e. The van der Waals surface area contributed by atoms with Gasteiger partial charge in [0.2, 0.25) is 0 Å². The fraction of sp³-hybridized carbons (Fsp3) is 0. The molecule has 14 heavy (non-hydrogen) atoms. The van der Waals surface area contributed by atoms with Gasteiger partial charge in [0, 0.05) is 0 Å². The second-order valence-electron chi connectivity index (χ2n) is 0.231. The summed E-state index contributed by atoms with van der Waals surface area (Å²) in [6, 6.07) is 0. The Kier molecular flexibility index (Phi) is 2310. The molecule has 0 aliphatic heterocycles. The van der Waals surface area contributed by atoms with Gasteiger partial charge >= 0.3 is 29.6 Å². The molecule has 0 aromatic carbocycles. The minimum Gasteiger partial charge on any atom is -1.00 e. The van der Waals surface area contributed by atoms with Gasteiger partial charge in [-0.15, -0.1) is 0 Å². The van der Waals surface area contributed by atoms with Gasteiger partial charge in [-0.1, -0.05) is 0 Å². The monoisotopic (exact) mass is 268 g/mol. The molecule has 0 atom stereocenters. The zero-order valence-corrected chi connectivity index (χ0v) is 10.0. The third kappa shape index (κ3) is 3460. The summed E-state index contributed by atoms with van der Waals surface area (Å²) in [5.41, 5.74) is 0. The number of hydrogen-bond acceptors (Lipinski definition) is 1. The van der Waals surface area contributed by atoms with Gasteiger partial charge < -0.3 is 50.7 Å². The fourth-order valence-electron chi connectivity index (χ4n) is 0. The summed E-state index contributed by atoms with van der Waals surface area (Å²) in [5.74, 6) is 0. The first-order valence-electron chi connectivity index (χ1n) is 0.532. The number of rotatable bonds is 0. The molecular formula is H21NaO12S. The average molecular weight is 268 g/mol. The Labute approximate surface area is 105 Å². The first-order chi connectivity index (χ1) is 1.73. The summed E-state index contributed by atoms with van der Waals surface area (Å²) in [4.78, 5) is 0. The van der Waals surface area contributed by atoms with Crippen molar-refractivity contribution < 1.29 is 93.6 Å². The third-order valence-electron chi connectivity index (χ3n) is 0. The molecule has 0 rings (SSSR count). The van der Waals surface area contributed by atoms with Gasteiger partial charge in [0.1, 0.15) is 0 Å². The predicted octanol–water partition coefficient (Wildman–Crippen LogP) is -10.6. The Bertz CT molecular complexity index is 38.6.